The molecule has 0 radical (unpaired) electrons. The molecule has 4 rings (SSSR count). The fraction of sp³-hybridized carbons (Fsp3) is 0.250. The van der Waals surface area contributed by atoms with Crippen LogP contribution in [0.1, 0.15) is 5.56 Å². The van der Waals surface area contributed by atoms with Gasteiger partial charge in [0.15, 0.2) is 0 Å². The first-order valence-electron chi connectivity index (χ1n) is 8.83. The lowest BCUT2D eigenvalue weighted by Crippen LogP contribution is -2.37. The minimum atomic E-state index is -4.39. The van der Waals surface area contributed by atoms with Crippen molar-refractivity contribution in [1.82, 2.24) is 9.78 Å². The van der Waals surface area contributed by atoms with Crippen molar-refractivity contribution in [3.05, 3.63) is 66.5 Å². The molecule has 0 saturated carbocycles. The van der Waals surface area contributed by atoms with Crippen LogP contribution in [0.2, 0.25) is 0 Å². The van der Waals surface area contributed by atoms with Crippen molar-refractivity contribution in [3.63, 3.8) is 0 Å². The van der Waals surface area contributed by atoms with Crippen LogP contribution in [-0.2, 0) is 17.0 Å². The third-order valence-electron chi connectivity index (χ3n) is 4.76. The predicted octanol–water partition coefficient (Wildman–Crippen LogP) is 4.13. The molecule has 146 valence electrons. The Hall–Kier alpha value is -2.61. The van der Waals surface area contributed by atoms with Crippen LogP contribution in [0.15, 0.2) is 60.9 Å². The number of alkyl halides is 3. The summed E-state index contributed by atoms with van der Waals surface area (Å²) in [6.45, 7) is 1.55. The SMILES string of the molecule is O=S1CCN(c2ccc(-c3cnn(-c4cccc(C(F)(F)F)c4)c3)cc2)CC1. The van der Waals surface area contributed by atoms with E-state index < -0.39 is 22.5 Å². The largest absolute Gasteiger partial charge is 0.416 e. The number of rotatable bonds is 3. The number of nitrogens with zero attached hydrogens (tertiary/aromatic N) is 3. The van der Waals surface area contributed by atoms with Gasteiger partial charge in [-0.2, -0.15) is 18.3 Å². The summed E-state index contributed by atoms with van der Waals surface area (Å²) in [5.41, 5.74) is 2.49. The van der Waals surface area contributed by atoms with Gasteiger partial charge in [0, 0.05) is 52.8 Å². The molecule has 2 aromatic carbocycles. The lowest BCUT2D eigenvalue weighted by atomic mass is 10.1. The topological polar surface area (TPSA) is 38.1 Å². The summed E-state index contributed by atoms with van der Waals surface area (Å²) in [7, 11) is -0.715. The van der Waals surface area contributed by atoms with Crippen molar-refractivity contribution < 1.29 is 17.4 Å². The molecule has 1 aliphatic rings. The van der Waals surface area contributed by atoms with Gasteiger partial charge in [-0.1, -0.05) is 18.2 Å². The zero-order chi connectivity index (χ0) is 19.7. The molecule has 8 heteroatoms. The quantitative estimate of drug-likeness (QED) is 0.658. The van der Waals surface area contributed by atoms with Gasteiger partial charge in [0.05, 0.1) is 17.4 Å². The molecule has 3 aromatic rings. The Labute approximate surface area is 163 Å². The maximum Gasteiger partial charge on any atom is 0.416 e. The van der Waals surface area contributed by atoms with Crippen LogP contribution in [0.25, 0.3) is 16.8 Å². The highest BCUT2D eigenvalue weighted by molar-refractivity contribution is 7.85. The van der Waals surface area contributed by atoms with E-state index in [0.29, 0.717) is 17.2 Å². The first-order valence-corrected chi connectivity index (χ1v) is 10.3. The van der Waals surface area contributed by atoms with E-state index in [2.05, 4.69) is 10.00 Å². The van der Waals surface area contributed by atoms with E-state index in [-0.39, 0.29) is 0 Å². The van der Waals surface area contributed by atoms with E-state index in [9.17, 15) is 17.4 Å². The van der Waals surface area contributed by atoms with Gasteiger partial charge in [0.25, 0.3) is 0 Å². The summed E-state index contributed by atoms with van der Waals surface area (Å²) in [4.78, 5) is 2.21. The van der Waals surface area contributed by atoms with Gasteiger partial charge in [0.2, 0.25) is 0 Å². The Morgan fingerprint density at radius 3 is 2.32 bits per heavy atom. The molecule has 1 saturated heterocycles. The molecular formula is C20H18F3N3OS. The smallest absolute Gasteiger partial charge is 0.370 e. The summed E-state index contributed by atoms with van der Waals surface area (Å²) in [6, 6.07) is 13.0. The summed E-state index contributed by atoms with van der Waals surface area (Å²) < 4.78 is 51.7. The molecule has 0 bridgehead atoms. The van der Waals surface area contributed by atoms with E-state index in [0.717, 1.165) is 42.0 Å². The Morgan fingerprint density at radius 2 is 1.64 bits per heavy atom. The Kier molecular flexibility index (Phi) is 4.97. The second-order valence-electron chi connectivity index (χ2n) is 6.60. The average molecular weight is 405 g/mol. The minimum Gasteiger partial charge on any atom is -0.370 e. The molecule has 1 aromatic heterocycles. The highest BCUT2D eigenvalue weighted by atomic mass is 32.2. The number of anilines is 1. The van der Waals surface area contributed by atoms with Gasteiger partial charge in [-0.25, -0.2) is 4.68 Å². The van der Waals surface area contributed by atoms with E-state index in [1.807, 2.05) is 24.3 Å². The second-order valence-corrected chi connectivity index (χ2v) is 8.30. The van der Waals surface area contributed by atoms with Gasteiger partial charge in [-0.15, -0.1) is 0 Å². The number of hydrogen-bond donors (Lipinski definition) is 0. The molecule has 0 unspecified atom stereocenters. The van der Waals surface area contributed by atoms with Crippen LogP contribution in [-0.4, -0.2) is 38.6 Å². The van der Waals surface area contributed by atoms with Gasteiger partial charge < -0.3 is 4.90 Å². The number of hydrogen-bond acceptors (Lipinski definition) is 3. The van der Waals surface area contributed by atoms with Crippen molar-refractivity contribution in [1.29, 1.82) is 0 Å². The first-order chi connectivity index (χ1) is 13.4. The Morgan fingerprint density at radius 1 is 0.929 bits per heavy atom. The standard InChI is InChI=1S/C20H18F3N3OS/c21-20(22,23)17-2-1-3-19(12-17)26-14-16(13-24-26)15-4-6-18(7-5-15)25-8-10-28(27)11-9-25/h1-7,12-14H,8-11H2. The minimum absolute atomic E-state index is 0.360. The van der Waals surface area contributed by atoms with Gasteiger partial charge in [-0.3, -0.25) is 4.21 Å². The molecular weight excluding hydrogens is 387 g/mol. The fourth-order valence-corrected chi connectivity index (χ4v) is 4.25. The van der Waals surface area contributed by atoms with Crippen molar-refractivity contribution in [2.75, 3.05) is 29.5 Å². The van der Waals surface area contributed by atoms with Crippen molar-refractivity contribution in [3.8, 4) is 16.8 Å². The molecule has 0 amide bonds. The molecule has 0 N–H and O–H groups in total. The van der Waals surface area contributed by atoms with Crippen molar-refractivity contribution in [2.45, 2.75) is 6.18 Å². The highest BCUT2D eigenvalue weighted by Crippen LogP contribution is 2.31. The maximum absolute atomic E-state index is 12.9. The zero-order valence-corrected chi connectivity index (χ0v) is 15.7. The van der Waals surface area contributed by atoms with Gasteiger partial charge >= 0.3 is 6.18 Å². The lowest BCUT2D eigenvalue weighted by molar-refractivity contribution is -0.137. The number of halogens is 3. The summed E-state index contributed by atoms with van der Waals surface area (Å²) >= 11 is 0. The van der Waals surface area contributed by atoms with Crippen LogP contribution in [0, 0.1) is 0 Å². The van der Waals surface area contributed by atoms with Crippen molar-refractivity contribution in [2.24, 2.45) is 0 Å². The number of benzene rings is 2. The highest BCUT2D eigenvalue weighted by Gasteiger charge is 2.30. The monoisotopic (exact) mass is 405 g/mol. The molecule has 0 atom stereocenters. The molecule has 1 aliphatic heterocycles. The van der Waals surface area contributed by atoms with E-state index >= 15 is 0 Å². The molecule has 4 nitrogen and oxygen atoms in total. The van der Waals surface area contributed by atoms with Crippen LogP contribution in [0.5, 0.6) is 0 Å². The second kappa shape index (κ2) is 7.43. The molecule has 2 heterocycles. The average Bonchev–Trinajstić information content (AvgIpc) is 3.18. The number of aromatic nitrogens is 2. The molecule has 28 heavy (non-hydrogen) atoms. The maximum atomic E-state index is 12.9. The Balaban J connectivity index is 1.54. The first kappa shape index (κ1) is 18.7. The fourth-order valence-electron chi connectivity index (χ4n) is 3.20. The summed E-state index contributed by atoms with van der Waals surface area (Å²) in [5, 5.41) is 4.21. The third kappa shape index (κ3) is 3.96. The third-order valence-corrected chi connectivity index (χ3v) is 6.04. The van der Waals surface area contributed by atoms with Gasteiger partial charge in [-0.05, 0) is 35.9 Å². The van der Waals surface area contributed by atoms with Crippen LogP contribution in [0.3, 0.4) is 0 Å². The van der Waals surface area contributed by atoms with Crippen LogP contribution in [0.4, 0.5) is 18.9 Å². The van der Waals surface area contributed by atoms with E-state index in [1.165, 1.54) is 10.7 Å². The van der Waals surface area contributed by atoms with Crippen LogP contribution < -0.4 is 4.90 Å². The molecule has 0 spiro atoms. The lowest BCUT2D eigenvalue weighted by Gasteiger charge is -2.28. The molecule has 1 fully saturated rings. The predicted molar refractivity (Wildman–Crippen MR) is 104 cm³/mol. The van der Waals surface area contributed by atoms with Crippen LogP contribution >= 0.6 is 0 Å². The van der Waals surface area contributed by atoms with E-state index in [1.54, 1.807) is 18.5 Å². The van der Waals surface area contributed by atoms with Crippen molar-refractivity contribution >= 4 is 16.5 Å². The van der Waals surface area contributed by atoms with Gasteiger partial charge in [0.1, 0.15) is 0 Å². The normalized spacial score (nSPS) is 15.8. The Bertz CT molecular complexity index is 988. The van der Waals surface area contributed by atoms with E-state index in [4.69, 9.17) is 0 Å². The molecule has 0 aliphatic carbocycles. The summed E-state index contributed by atoms with van der Waals surface area (Å²) in [6.07, 6.45) is -1.03. The zero-order valence-electron chi connectivity index (χ0n) is 14.9. The summed E-state index contributed by atoms with van der Waals surface area (Å²) in [5.74, 6) is 1.37.